The van der Waals surface area contributed by atoms with E-state index in [1.54, 1.807) is 0 Å². The fourth-order valence-corrected chi connectivity index (χ4v) is 2.37. The number of hydrogen-bond donors (Lipinski definition) is 1. The number of hydrogen-bond acceptors (Lipinski definition) is 2. The summed E-state index contributed by atoms with van der Waals surface area (Å²) in [5, 5.41) is 3.41. The molecule has 0 amide bonds. The van der Waals surface area contributed by atoms with Gasteiger partial charge < -0.3 is 5.32 Å². The van der Waals surface area contributed by atoms with Gasteiger partial charge in [0.25, 0.3) is 0 Å². The van der Waals surface area contributed by atoms with Crippen LogP contribution in [0, 0.1) is 11.8 Å². The van der Waals surface area contributed by atoms with Gasteiger partial charge in [-0.05, 0) is 31.2 Å². The molecule has 1 aromatic carbocycles. The molecule has 84 valence electrons. The highest BCUT2D eigenvalue weighted by Crippen LogP contribution is 2.46. The van der Waals surface area contributed by atoms with Gasteiger partial charge in [0.1, 0.15) is 0 Å². The highest BCUT2D eigenvalue weighted by atomic mass is 32.2. The first-order valence-electron chi connectivity index (χ1n) is 5.64. The van der Waals surface area contributed by atoms with Gasteiger partial charge in [0.15, 0.2) is 0 Å². The van der Waals surface area contributed by atoms with Crippen molar-refractivity contribution in [2.45, 2.75) is 17.6 Å². The molecule has 2 rings (SSSR count). The van der Waals surface area contributed by atoms with Gasteiger partial charge in [-0.3, -0.25) is 0 Å². The van der Waals surface area contributed by atoms with Crippen molar-refractivity contribution in [1.82, 2.24) is 5.32 Å². The second kappa shape index (κ2) is 5.43. The van der Waals surface area contributed by atoms with Crippen LogP contribution < -0.4 is 5.32 Å². The third-order valence-electron chi connectivity index (χ3n) is 2.91. The molecule has 16 heavy (non-hydrogen) atoms. The predicted molar refractivity (Wildman–Crippen MR) is 71.7 cm³/mol. The van der Waals surface area contributed by atoms with E-state index >= 15 is 0 Å². The van der Waals surface area contributed by atoms with Gasteiger partial charge in [0.05, 0.1) is 6.54 Å². The van der Waals surface area contributed by atoms with E-state index in [1.807, 2.05) is 42.1 Å². The second-order valence-corrected chi connectivity index (χ2v) is 5.43. The van der Waals surface area contributed by atoms with Crippen LogP contribution in [0.4, 0.5) is 0 Å². The lowest BCUT2D eigenvalue weighted by atomic mass is 10.2. The molecule has 0 heterocycles. The number of benzene rings is 1. The molecule has 1 saturated carbocycles. The molecular weight excluding hydrogens is 214 g/mol. The Morgan fingerprint density at radius 3 is 2.69 bits per heavy atom. The summed E-state index contributed by atoms with van der Waals surface area (Å²) in [4.78, 5) is 0. The lowest BCUT2D eigenvalue weighted by Crippen LogP contribution is -2.26. The molecule has 1 fully saturated rings. The minimum atomic E-state index is 0.536. The average Bonchev–Trinajstić information content (AvgIpc) is 3.11. The molecule has 0 saturated heterocycles. The fourth-order valence-electron chi connectivity index (χ4n) is 1.61. The van der Waals surface area contributed by atoms with Crippen molar-refractivity contribution in [2.75, 3.05) is 19.3 Å². The number of thioether (sulfide) groups is 1. The molecular formula is C14H17NS. The molecule has 0 bridgehead atoms. The van der Waals surface area contributed by atoms with Crippen LogP contribution in [0.5, 0.6) is 0 Å². The molecule has 1 nitrogen and oxygen atoms in total. The molecule has 0 spiro atoms. The molecule has 0 radical (unpaired) electrons. The SMILES string of the molecule is CSC1(CNCC#Cc2ccccc2)CC1. The Morgan fingerprint density at radius 1 is 1.31 bits per heavy atom. The zero-order valence-electron chi connectivity index (χ0n) is 9.62. The van der Waals surface area contributed by atoms with E-state index in [4.69, 9.17) is 0 Å². The Balaban J connectivity index is 1.70. The van der Waals surface area contributed by atoms with E-state index in [0.29, 0.717) is 4.75 Å². The molecule has 0 unspecified atom stereocenters. The van der Waals surface area contributed by atoms with Gasteiger partial charge in [0.2, 0.25) is 0 Å². The molecule has 1 aliphatic rings. The molecule has 0 aliphatic heterocycles. The van der Waals surface area contributed by atoms with E-state index < -0.39 is 0 Å². The Bertz CT molecular complexity index is 384. The smallest absolute Gasteiger partial charge is 0.0580 e. The Kier molecular flexibility index (Phi) is 3.93. The third kappa shape index (κ3) is 3.30. The van der Waals surface area contributed by atoms with Crippen molar-refractivity contribution in [2.24, 2.45) is 0 Å². The van der Waals surface area contributed by atoms with Crippen LogP contribution in [0.15, 0.2) is 30.3 Å². The first-order chi connectivity index (χ1) is 7.85. The molecule has 2 heteroatoms. The summed E-state index contributed by atoms with van der Waals surface area (Å²) in [6, 6.07) is 10.1. The fraction of sp³-hybridized carbons (Fsp3) is 0.429. The first kappa shape index (κ1) is 11.6. The number of rotatable bonds is 4. The monoisotopic (exact) mass is 231 g/mol. The molecule has 1 aliphatic carbocycles. The maximum absolute atomic E-state index is 3.41. The highest BCUT2D eigenvalue weighted by Gasteiger charge is 2.41. The van der Waals surface area contributed by atoms with E-state index in [0.717, 1.165) is 18.7 Å². The minimum Gasteiger partial charge on any atom is -0.305 e. The van der Waals surface area contributed by atoms with Gasteiger partial charge in [0, 0.05) is 16.9 Å². The largest absolute Gasteiger partial charge is 0.305 e. The molecule has 1 aromatic rings. The van der Waals surface area contributed by atoms with Crippen LogP contribution in [-0.4, -0.2) is 24.1 Å². The lowest BCUT2D eigenvalue weighted by Gasteiger charge is -2.10. The first-order valence-corrected chi connectivity index (χ1v) is 6.87. The molecule has 0 aromatic heterocycles. The molecule has 0 atom stereocenters. The van der Waals surface area contributed by atoms with E-state index in [1.165, 1.54) is 12.8 Å². The third-order valence-corrected chi connectivity index (χ3v) is 4.33. The lowest BCUT2D eigenvalue weighted by molar-refractivity contribution is 0.720. The summed E-state index contributed by atoms with van der Waals surface area (Å²) in [7, 11) is 0. The van der Waals surface area contributed by atoms with Gasteiger partial charge in [-0.25, -0.2) is 0 Å². The van der Waals surface area contributed by atoms with Crippen LogP contribution in [0.3, 0.4) is 0 Å². The second-order valence-electron chi connectivity index (χ2n) is 4.16. The van der Waals surface area contributed by atoms with Crippen molar-refractivity contribution in [3.63, 3.8) is 0 Å². The number of nitrogens with one attached hydrogen (secondary N) is 1. The summed E-state index contributed by atoms with van der Waals surface area (Å²) in [6.45, 7) is 1.88. The van der Waals surface area contributed by atoms with E-state index in [2.05, 4.69) is 23.4 Å². The van der Waals surface area contributed by atoms with Crippen molar-refractivity contribution < 1.29 is 0 Å². The highest BCUT2D eigenvalue weighted by molar-refractivity contribution is 8.00. The Labute approximate surface area is 102 Å². The van der Waals surface area contributed by atoms with Gasteiger partial charge in [-0.15, -0.1) is 0 Å². The van der Waals surface area contributed by atoms with Gasteiger partial charge in [-0.2, -0.15) is 11.8 Å². The quantitative estimate of drug-likeness (QED) is 0.631. The van der Waals surface area contributed by atoms with Gasteiger partial charge >= 0.3 is 0 Å². The Morgan fingerprint density at radius 2 is 2.06 bits per heavy atom. The Hall–Kier alpha value is -0.910. The standard InChI is InChI=1S/C14H17NS/c1-16-14(9-10-14)12-15-11-5-8-13-6-3-2-4-7-13/h2-4,6-7,15H,9-12H2,1H3. The normalized spacial score (nSPS) is 16.3. The maximum Gasteiger partial charge on any atom is 0.0580 e. The maximum atomic E-state index is 3.41. The summed E-state index contributed by atoms with van der Waals surface area (Å²) >= 11 is 1.98. The summed E-state index contributed by atoms with van der Waals surface area (Å²) in [5.74, 6) is 6.31. The average molecular weight is 231 g/mol. The van der Waals surface area contributed by atoms with Crippen molar-refractivity contribution in [3.05, 3.63) is 35.9 Å². The van der Waals surface area contributed by atoms with Crippen LogP contribution >= 0.6 is 11.8 Å². The minimum absolute atomic E-state index is 0.536. The zero-order valence-corrected chi connectivity index (χ0v) is 10.4. The van der Waals surface area contributed by atoms with Crippen molar-refractivity contribution in [3.8, 4) is 11.8 Å². The summed E-state index contributed by atoms with van der Waals surface area (Å²) in [6.07, 6.45) is 4.91. The van der Waals surface area contributed by atoms with Crippen LogP contribution in [0.2, 0.25) is 0 Å². The summed E-state index contributed by atoms with van der Waals surface area (Å²) < 4.78 is 0.536. The van der Waals surface area contributed by atoms with Crippen molar-refractivity contribution >= 4 is 11.8 Å². The van der Waals surface area contributed by atoms with Crippen molar-refractivity contribution in [1.29, 1.82) is 0 Å². The molecule has 1 N–H and O–H groups in total. The van der Waals surface area contributed by atoms with E-state index in [-0.39, 0.29) is 0 Å². The van der Waals surface area contributed by atoms with Gasteiger partial charge in [-0.1, -0.05) is 30.0 Å². The van der Waals surface area contributed by atoms with Crippen LogP contribution in [0.1, 0.15) is 18.4 Å². The predicted octanol–water partition coefficient (Wildman–Crippen LogP) is 2.52. The van der Waals surface area contributed by atoms with Crippen LogP contribution in [-0.2, 0) is 0 Å². The van der Waals surface area contributed by atoms with E-state index in [9.17, 15) is 0 Å². The zero-order chi connectivity index (χ0) is 11.3. The van der Waals surface area contributed by atoms with Crippen LogP contribution in [0.25, 0.3) is 0 Å². The topological polar surface area (TPSA) is 12.0 Å². The summed E-state index contributed by atoms with van der Waals surface area (Å²) in [5.41, 5.74) is 1.09.